The van der Waals surface area contributed by atoms with Crippen LogP contribution >= 0.6 is 0 Å². The normalized spacial score (nSPS) is 32.5. The molecule has 1 fully saturated rings. The molecule has 12 heavy (non-hydrogen) atoms. The van der Waals surface area contributed by atoms with Crippen molar-refractivity contribution < 1.29 is 13.5 Å². The number of methoxy groups -OCH3 is 1. The van der Waals surface area contributed by atoms with Gasteiger partial charge in [0.05, 0.1) is 12.0 Å². The van der Waals surface area contributed by atoms with Crippen LogP contribution in [0.1, 0.15) is 6.42 Å². The molecular formula is C8H15F2NO. The lowest BCUT2D eigenvalue weighted by Crippen LogP contribution is -2.30. The number of hydrogen-bond acceptors (Lipinski definition) is 2. The van der Waals surface area contributed by atoms with Crippen molar-refractivity contribution in [2.24, 2.45) is 5.41 Å². The van der Waals surface area contributed by atoms with E-state index in [1.165, 1.54) is 7.11 Å². The Labute approximate surface area is 71.5 Å². The Hall–Kier alpha value is -0.220. The van der Waals surface area contributed by atoms with E-state index in [4.69, 9.17) is 4.74 Å². The summed E-state index contributed by atoms with van der Waals surface area (Å²) in [6.45, 7) is 0.548. The van der Waals surface area contributed by atoms with Crippen molar-refractivity contribution in [2.45, 2.75) is 12.3 Å². The summed E-state index contributed by atoms with van der Waals surface area (Å²) in [6, 6.07) is 0. The lowest BCUT2D eigenvalue weighted by atomic mass is 10.1. The maximum Gasteiger partial charge on any atom is 0.258 e. The molecule has 1 aliphatic rings. The van der Waals surface area contributed by atoms with Crippen molar-refractivity contribution in [2.75, 3.05) is 34.4 Å². The van der Waals surface area contributed by atoms with Gasteiger partial charge >= 0.3 is 0 Å². The minimum absolute atomic E-state index is 0.0357. The molecule has 0 aliphatic heterocycles. The molecule has 0 aromatic carbocycles. The minimum atomic E-state index is -2.52. The Morgan fingerprint density at radius 2 is 1.92 bits per heavy atom. The zero-order chi connectivity index (χ0) is 9.41. The number of halogens is 2. The fraction of sp³-hybridized carbons (Fsp3) is 1.00. The number of ether oxygens (including phenoxy) is 1. The van der Waals surface area contributed by atoms with E-state index in [1.54, 1.807) is 19.0 Å². The van der Waals surface area contributed by atoms with Crippen molar-refractivity contribution in [1.82, 2.24) is 4.90 Å². The SMILES string of the molecule is COCC1(CN(C)C)CC1(F)F. The zero-order valence-corrected chi connectivity index (χ0v) is 7.73. The van der Waals surface area contributed by atoms with Gasteiger partial charge in [-0.2, -0.15) is 0 Å². The first-order valence-electron chi connectivity index (χ1n) is 3.95. The second-order valence-electron chi connectivity index (χ2n) is 3.83. The van der Waals surface area contributed by atoms with Crippen molar-refractivity contribution in [3.8, 4) is 0 Å². The summed E-state index contributed by atoms with van der Waals surface area (Å²) < 4.78 is 30.6. The Balaban J connectivity index is 2.53. The number of rotatable bonds is 4. The second kappa shape index (κ2) is 2.92. The van der Waals surface area contributed by atoms with E-state index in [9.17, 15) is 8.78 Å². The van der Waals surface area contributed by atoms with E-state index in [1.807, 2.05) is 0 Å². The maximum atomic E-state index is 12.9. The van der Waals surface area contributed by atoms with Gasteiger partial charge in [0.25, 0.3) is 5.92 Å². The second-order valence-corrected chi connectivity index (χ2v) is 3.83. The van der Waals surface area contributed by atoms with Crippen LogP contribution in [0.15, 0.2) is 0 Å². The van der Waals surface area contributed by atoms with E-state index in [-0.39, 0.29) is 13.0 Å². The molecule has 1 unspecified atom stereocenters. The van der Waals surface area contributed by atoms with E-state index in [0.717, 1.165) is 0 Å². The van der Waals surface area contributed by atoms with Crippen LogP contribution in [0.3, 0.4) is 0 Å². The summed E-state index contributed by atoms with van der Waals surface area (Å²) >= 11 is 0. The molecular weight excluding hydrogens is 164 g/mol. The minimum Gasteiger partial charge on any atom is -0.384 e. The molecule has 0 heterocycles. The molecule has 0 radical (unpaired) electrons. The van der Waals surface area contributed by atoms with Crippen molar-refractivity contribution in [3.63, 3.8) is 0 Å². The molecule has 2 nitrogen and oxygen atoms in total. The van der Waals surface area contributed by atoms with Crippen LogP contribution < -0.4 is 0 Å². The monoisotopic (exact) mass is 179 g/mol. The molecule has 1 atom stereocenters. The summed E-state index contributed by atoms with van der Waals surface area (Å²) in [4.78, 5) is 1.78. The molecule has 0 spiro atoms. The Kier molecular flexibility index (Phi) is 2.40. The first kappa shape index (κ1) is 9.86. The maximum absolute atomic E-state index is 12.9. The van der Waals surface area contributed by atoms with Crippen LogP contribution in [0, 0.1) is 5.41 Å². The molecule has 1 rings (SSSR count). The van der Waals surface area contributed by atoms with Gasteiger partial charge < -0.3 is 9.64 Å². The van der Waals surface area contributed by atoms with Crippen molar-refractivity contribution in [3.05, 3.63) is 0 Å². The third-order valence-corrected chi connectivity index (χ3v) is 2.25. The molecule has 1 aliphatic carbocycles. The highest BCUT2D eigenvalue weighted by Crippen LogP contribution is 2.60. The van der Waals surface area contributed by atoms with E-state index in [0.29, 0.717) is 6.54 Å². The van der Waals surface area contributed by atoms with Crippen LogP contribution in [-0.2, 0) is 4.74 Å². The molecule has 0 saturated heterocycles. The van der Waals surface area contributed by atoms with Gasteiger partial charge in [-0.05, 0) is 14.1 Å². The smallest absolute Gasteiger partial charge is 0.258 e. The van der Waals surface area contributed by atoms with Gasteiger partial charge in [0.1, 0.15) is 0 Å². The standard InChI is InChI=1S/C8H15F2NO/c1-11(2)5-7(6-12-3)4-8(7,9)10/h4-6H2,1-3H3. The van der Waals surface area contributed by atoms with Gasteiger partial charge in [-0.15, -0.1) is 0 Å². The fourth-order valence-corrected chi connectivity index (χ4v) is 1.64. The Morgan fingerprint density at radius 3 is 2.17 bits per heavy atom. The van der Waals surface area contributed by atoms with E-state index >= 15 is 0 Å². The summed E-state index contributed by atoms with van der Waals surface area (Å²) in [5.74, 6) is -2.52. The van der Waals surface area contributed by atoms with Crippen LogP contribution in [0.4, 0.5) is 8.78 Å². The molecule has 0 bridgehead atoms. The van der Waals surface area contributed by atoms with Gasteiger partial charge in [0.2, 0.25) is 0 Å². The summed E-state index contributed by atoms with van der Waals surface area (Å²) in [6.07, 6.45) is -0.0357. The van der Waals surface area contributed by atoms with Gasteiger partial charge in [-0.3, -0.25) is 0 Å². The summed E-state index contributed by atoms with van der Waals surface area (Å²) in [5.41, 5.74) is -0.911. The van der Waals surface area contributed by atoms with Crippen LogP contribution in [0.25, 0.3) is 0 Å². The third-order valence-electron chi connectivity index (χ3n) is 2.25. The van der Waals surface area contributed by atoms with Crippen LogP contribution in [-0.4, -0.2) is 45.2 Å². The van der Waals surface area contributed by atoms with E-state index < -0.39 is 11.3 Å². The molecule has 0 aromatic heterocycles. The highest BCUT2D eigenvalue weighted by Gasteiger charge is 2.70. The summed E-state index contributed by atoms with van der Waals surface area (Å²) in [5, 5.41) is 0. The largest absolute Gasteiger partial charge is 0.384 e. The van der Waals surface area contributed by atoms with Crippen LogP contribution in [0.2, 0.25) is 0 Å². The lowest BCUT2D eigenvalue weighted by molar-refractivity contribution is 0.0123. The fourth-order valence-electron chi connectivity index (χ4n) is 1.64. The number of nitrogens with zero attached hydrogens (tertiary/aromatic N) is 1. The Bertz CT molecular complexity index is 172. The molecule has 0 N–H and O–H groups in total. The van der Waals surface area contributed by atoms with Crippen LogP contribution in [0.5, 0.6) is 0 Å². The average Bonchev–Trinajstić information content (AvgIpc) is 2.31. The molecule has 4 heteroatoms. The topological polar surface area (TPSA) is 12.5 Å². The number of hydrogen-bond donors (Lipinski definition) is 0. The quantitative estimate of drug-likeness (QED) is 0.643. The Morgan fingerprint density at radius 1 is 1.42 bits per heavy atom. The molecule has 1 saturated carbocycles. The van der Waals surface area contributed by atoms with Gasteiger partial charge in [0.15, 0.2) is 0 Å². The van der Waals surface area contributed by atoms with Gasteiger partial charge in [-0.1, -0.05) is 0 Å². The predicted molar refractivity (Wildman–Crippen MR) is 42.4 cm³/mol. The van der Waals surface area contributed by atoms with E-state index in [2.05, 4.69) is 0 Å². The molecule has 0 amide bonds. The van der Waals surface area contributed by atoms with Gasteiger partial charge in [0, 0.05) is 20.1 Å². The first-order chi connectivity index (χ1) is 5.43. The highest BCUT2D eigenvalue weighted by molar-refractivity contribution is 5.11. The zero-order valence-electron chi connectivity index (χ0n) is 7.73. The third kappa shape index (κ3) is 1.59. The molecule has 72 valence electrons. The molecule has 0 aromatic rings. The van der Waals surface area contributed by atoms with Crippen molar-refractivity contribution in [1.29, 1.82) is 0 Å². The lowest BCUT2D eigenvalue weighted by Gasteiger charge is -2.19. The average molecular weight is 179 g/mol. The van der Waals surface area contributed by atoms with Gasteiger partial charge in [-0.25, -0.2) is 8.78 Å². The van der Waals surface area contributed by atoms with Crippen molar-refractivity contribution >= 4 is 0 Å². The summed E-state index contributed by atoms with van der Waals surface area (Å²) in [7, 11) is 5.06. The first-order valence-corrected chi connectivity index (χ1v) is 3.95. The number of alkyl halides is 2. The highest BCUT2D eigenvalue weighted by atomic mass is 19.3. The predicted octanol–water partition coefficient (Wildman–Crippen LogP) is 1.22.